The number of hydrogen-bond donors (Lipinski definition) is 1. The summed E-state index contributed by atoms with van der Waals surface area (Å²) in [5.41, 5.74) is 1.14. The molecule has 5 heteroatoms. The van der Waals surface area contributed by atoms with Gasteiger partial charge in [-0.2, -0.15) is 0 Å². The summed E-state index contributed by atoms with van der Waals surface area (Å²) in [6.07, 6.45) is 1.35. The van der Waals surface area contributed by atoms with Crippen LogP contribution in [0.15, 0.2) is 24.3 Å². The Kier molecular flexibility index (Phi) is 7.41. The second kappa shape index (κ2) is 8.82. The molecule has 1 aromatic carbocycles. The first-order valence-electron chi connectivity index (χ1n) is 6.94. The van der Waals surface area contributed by atoms with Crippen LogP contribution in [0.2, 0.25) is 0 Å². The van der Waals surface area contributed by atoms with E-state index >= 15 is 0 Å². The van der Waals surface area contributed by atoms with E-state index in [1.54, 1.807) is 0 Å². The number of aryl methyl sites for hydroxylation is 1. The highest BCUT2D eigenvalue weighted by atomic mass is 35.5. The molecule has 1 fully saturated rings. The number of halogens is 1. The van der Waals surface area contributed by atoms with E-state index in [4.69, 9.17) is 4.74 Å². The van der Waals surface area contributed by atoms with Crippen LogP contribution in [0.4, 0.5) is 0 Å². The number of para-hydroxylation sites is 1. The van der Waals surface area contributed by atoms with Crippen molar-refractivity contribution >= 4 is 18.3 Å². The molecule has 1 N–H and O–H groups in total. The fraction of sp³-hybridized carbons (Fsp3) is 0.533. The third-order valence-corrected chi connectivity index (χ3v) is 3.36. The van der Waals surface area contributed by atoms with Crippen LogP contribution in [0.5, 0.6) is 5.75 Å². The second-order valence-electron chi connectivity index (χ2n) is 4.85. The topological polar surface area (TPSA) is 41.6 Å². The largest absolute Gasteiger partial charge is 0.493 e. The smallest absolute Gasteiger partial charge is 0.222 e. The fourth-order valence-electron chi connectivity index (χ4n) is 2.20. The number of carbonyl (C=O) groups is 1. The number of piperazine rings is 1. The predicted molar refractivity (Wildman–Crippen MR) is 82.6 cm³/mol. The molecular formula is C15H23ClN2O2. The third-order valence-electron chi connectivity index (χ3n) is 3.36. The maximum absolute atomic E-state index is 11.9. The van der Waals surface area contributed by atoms with Gasteiger partial charge in [-0.1, -0.05) is 18.2 Å². The van der Waals surface area contributed by atoms with Gasteiger partial charge in [0, 0.05) is 32.6 Å². The molecule has 0 atom stereocenters. The van der Waals surface area contributed by atoms with Crippen molar-refractivity contribution in [3.05, 3.63) is 29.8 Å². The fourth-order valence-corrected chi connectivity index (χ4v) is 2.20. The molecule has 0 unspecified atom stereocenters. The number of benzene rings is 1. The van der Waals surface area contributed by atoms with Crippen LogP contribution in [0.3, 0.4) is 0 Å². The van der Waals surface area contributed by atoms with Gasteiger partial charge < -0.3 is 15.0 Å². The van der Waals surface area contributed by atoms with E-state index in [0.717, 1.165) is 43.9 Å². The Morgan fingerprint density at radius 1 is 1.30 bits per heavy atom. The predicted octanol–water partition coefficient (Wildman–Crippen LogP) is 2.01. The molecule has 0 saturated carbocycles. The molecule has 0 aromatic heterocycles. The number of nitrogens with one attached hydrogen (secondary N) is 1. The molecule has 1 heterocycles. The zero-order chi connectivity index (χ0) is 13.5. The van der Waals surface area contributed by atoms with Crippen molar-refractivity contribution in [2.45, 2.75) is 19.8 Å². The van der Waals surface area contributed by atoms with E-state index < -0.39 is 0 Å². The average molecular weight is 299 g/mol. The zero-order valence-electron chi connectivity index (χ0n) is 11.9. The van der Waals surface area contributed by atoms with Crippen LogP contribution in [0, 0.1) is 6.92 Å². The Morgan fingerprint density at radius 3 is 2.70 bits per heavy atom. The van der Waals surface area contributed by atoms with Crippen LogP contribution in [0.1, 0.15) is 18.4 Å². The summed E-state index contributed by atoms with van der Waals surface area (Å²) in [6.45, 7) is 6.11. The summed E-state index contributed by atoms with van der Waals surface area (Å²) in [5, 5.41) is 3.25. The third kappa shape index (κ3) is 5.02. The summed E-state index contributed by atoms with van der Waals surface area (Å²) in [5.74, 6) is 1.16. The molecule has 1 aliphatic heterocycles. The minimum absolute atomic E-state index is 0. The molecule has 2 rings (SSSR count). The highest BCUT2D eigenvalue weighted by Crippen LogP contribution is 2.16. The van der Waals surface area contributed by atoms with E-state index in [1.807, 2.05) is 36.1 Å². The summed E-state index contributed by atoms with van der Waals surface area (Å²) in [7, 11) is 0. The van der Waals surface area contributed by atoms with Crippen molar-refractivity contribution in [3.63, 3.8) is 0 Å². The minimum Gasteiger partial charge on any atom is -0.493 e. The number of nitrogens with zero attached hydrogens (tertiary/aromatic N) is 1. The van der Waals surface area contributed by atoms with Gasteiger partial charge in [0.2, 0.25) is 5.91 Å². The van der Waals surface area contributed by atoms with Crippen molar-refractivity contribution in [1.82, 2.24) is 10.2 Å². The first-order chi connectivity index (χ1) is 9.27. The number of hydrogen-bond acceptors (Lipinski definition) is 3. The highest BCUT2D eigenvalue weighted by Gasteiger charge is 2.15. The molecule has 1 aromatic rings. The van der Waals surface area contributed by atoms with Gasteiger partial charge >= 0.3 is 0 Å². The maximum atomic E-state index is 11.9. The van der Waals surface area contributed by atoms with E-state index in [-0.39, 0.29) is 18.3 Å². The molecule has 1 aliphatic rings. The van der Waals surface area contributed by atoms with Gasteiger partial charge in [0.05, 0.1) is 6.61 Å². The lowest BCUT2D eigenvalue weighted by atomic mass is 10.2. The molecule has 112 valence electrons. The lowest BCUT2D eigenvalue weighted by molar-refractivity contribution is -0.132. The molecule has 0 bridgehead atoms. The van der Waals surface area contributed by atoms with E-state index in [0.29, 0.717) is 13.0 Å². The van der Waals surface area contributed by atoms with Crippen LogP contribution < -0.4 is 10.1 Å². The molecule has 0 aliphatic carbocycles. The van der Waals surface area contributed by atoms with Crippen molar-refractivity contribution in [1.29, 1.82) is 0 Å². The Labute approximate surface area is 126 Å². The van der Waals surface area contributed by atoms with Gasteiger partial charge in [0.1, 0.15) is 5.75 Å². The van der Waals surface area contributed by atoms with E-state index in [9.17, 15) is 4.79 Å². The molecule has 0 spiro atoms. The van der Waals surface area contributed by atoms with Gasteiger partial charge in [-0.25, -0.2) is 0 Å². The van der Waals surface area contributed by atoms with Crippen LogP contribution in [0.25, 0.3) is 0 Å². The average Bonchev–Trinajstić information content (AvgIpc) is 2.46. The molecule has 20 heavy (non-hydrogen) atoms. The molecule has 0 radical (unpaired) electrons. The van der Waals surface area contributed by atoms with E-state index in [1.165, 1.54) is 0 Å². The SMILES string of the molecule is Cc1ccccc1OCCCC(=O)N1CCNCC1.Cl. The summed E-state index contributed by atoms with van der Waals surface area (Å²) < 4.78 is 5.69. The number of amides is 1. The second-order valence-corrected chi connectivity index (χ2v) is 4.85. The van der Waals surface area contributed by atoms with Crippen molar-refractivity contribution in [2.75, 3.05) is 32.8 Å². The Hall–Kier alpha value is -1.26. The van der Waals surface area contributed by atoms with Crippen LogP contribution in [-0.4, -0.2) is 43.6 Å². The molecular weight excluding hydrogens is 276 g/mol. The Balaban J connectivity index is 0.00000200. The molecule has 1 saturated heterocycles. The summed E-state index contributed by atoms with van der Waals surface area (Å²) in [6, 6.07) is 7.96. The van der Waals surface area contributed by atoms with Crippen molar-refractivity contribution < 1.29 is 9.53 Å². The first-order valence-corrected chi connectivity index (χ1v) is 6.94. The first kappa shape index (κ1) is 16.8. The standard InChI is InChI=1S/C15H22N2O2.ClH/c1-13-5-2-3-6-14(13)19-12-4-7-15(18)17-10-8-16-9-11-17;/h2-3,5-6,16H,4,7-12H2,1H3;1H. The Morgan fingerprint density at radius 2 is 2.00 bits per heavy atom. The number of carbonyl (C=O) groups excluding carboxylic acids is 1. The maximum Gasteiger partial charge on any atom is 0.222 e. The zero-order valence-corrected chi connectivity index (χ0v) is 12.7. The summed E-state index contributed by atoms with van der Waals surface area (Å²) >= 11 is 0. The van der Waals surface area contributed by atoms with Gasteiger partial charge in [0.25, 0.3) is 0 Å². The molecule has 1 amide bonds. The van der Waals surface area contributed by atoms with Gasteiger partial charge in [0.15, 0.2) is 0 Å². The van der Waals surface area contributed by atoms with Crippen LogP contribution >= 0.6 is 12.4 Å². The number of ether oxygens (including phenoxy) is 1. The highest BCUT2D eigenvalue weighted by molar-refractivity contribution is 5.85. The van der Waals surface area contributed by atoms with E-state index in [2.05, 4.69) is 5.32 Å². The van der Waals surface area contributed by atoms with Gasteiger partial charge in [-0.3, -0.25) is 4.79 Å². The monoisotopic (exact) mass is 298 g/mol. The quantitative estimate of drug-likeness (QED) is 0.846. The Bertz CT molecular complexity index is 420. The van der Waals surface area contributed by atoms with Gasteiger partial charge in [-0.05, 0) is 25.0 Å². The number of rotatable bonds is 5. The summed E-state index contributed by atoms with van der Waals surface area (Å²) in [4.78, 5) is 13.9. The lowest BCUT2D eigenvalue weighted by Crippen LogP contribution is -2.46. The molecule has 4 nitrogen and oxygen atoms in total. The lowest BCUT2D eigenvalue weighted by Gasteiger charge is -2.27. The minimum atomic E-state index is 0. The van der Waals surface area contributed by atoms with Crippen molar-refractivity contribution in [2.24, 2.45) is 0 Å². The van der Waals surface area contributed by atoms with Crippen LogP contribution in [-0.2, 0) is 4.79 Å². The van der Waals surface area contributed by atoms with Crippen molar-refractivity contribution in [3.8, 4) is 5.75 Å². The van der Waals surface area contributed by atoms with Gasteiger partial charge in [-0.15, -0.1) is 12.4 Å². The normalized spacial score (nSPS) is 14.6.